The number of hydrogen-bond acceptors (Lipinski definition) is 4. The summed E-state index contributed by atoms with van der Waals surface area (Å²) < 4.78 is 4.75. The second-order valence-electron chi connectivity index (χ2n) is 5.27. The van der Waals surface area contributed by atoms with Gasteiger partial charge in [0.2, 0.25) is 5.91 Å². The lowest BCUT2D eigenvalue weighted by molar-refractivity contribution is -0.144. The van der Waals surface area contributed by atoms with Crippen molar-refractivity contribution in [1.29, 1.82) is 0 Å². The number of hydrogen-bond donors (Lipinski definition) is 2. The first-order chi connectivity index (χ1) is 8.82. The van der Waals surface area contributed by atoms with Crippen molar-refractivity contribution in [2.75, 3.05) is 11.9 Å². The smallest absolute Gasteiger partial charge is 0.306 e. The van der Waals surface area contributed by atoms with Crippen molar-refractivity contribution in [2.45, 2.75) is 46.0 Å². The van der Waals surface area contributed by atoms with Crippen LogP contribution in [0.25, 0.3) is 0 Å². The van der Waals surface area contributed by atoms with Crippen LogP contribution in [-0.2, 0) is 19.7 Å². The molecule has 6 heteroatoms. The van der Waals surface area contributed by atoms with Crippen molar-refractivity contribution >= 4 is 17.7 Å². The van der Waals surface area contributed by atoms with Crippen LogP contribution in [-0.4, -0.2) is 28.7 Å². The van der Waals surface area contributed by atoms with Gasteiger partial charge < -0.3 is 10.1 Å². The van der Waals surface area contributed by atoms with E-state index in [0.717, 1.165) is 5.69 Å². The topological polar surface area (TPSA) is 84.1 Å². The predicted octanol–water partition coefficient (Wildman–Crippen LogP) is 1.99. The zero-order chi connectivity index (χ0) is 14.5. The summed E-state index contributed by atoms with van der Waals surface area (Å²) in [6.45, 7) is 8.21. The number of nitrogens with one attached hydrogen (secondary N) is 2. The lowest BCUT2D eigenvalue weighted by Crippen LogP contribution is -2.14. The molecule has 0 saturated heterocycles. The van der Waals surface area contributed by atoms with Gasteiger partial charge in [0.25, 0.3) is 0 Å². The molecule has 0 spiro atoms. The van der Waals surface area contributed by atoms with Crippen LogP contribution in [0.1, 0.15) is 46.2 Å². The van der Waals surface area contributed by atoms with Crippen LogP contribution >= 0.6 is 0 Å². The third kappa shape index (κ3) is 5.11. The number of esters is 1. The molecule has 2 N–H and O–H groups in total. The highest BCUT2D eigenvalue weighted by Crippen LogP contribution is 2.21. The van der Waals surface area contributed by atoms with E-state index in [0.29, 0.717) is 12.4 Å². The monoisotopic (exact) mass is 267 g/mol. The summed E-state index contributed by atoms with van der Waals surface area (Å²) in [6, 6.07) is 1.79. The molecular formula is C13H21N3O3. The van der Waals surface area contributed by atoms with Gasteiger partial charge in [0, 0.05) is 23.6 Å². The Morgan fingerprint density at radius 2 is 2.05 bits per heavy atom. The van der Waals surface area contributed by atoms with Crippen LogP contribution in [0.15, 0.2) is 6.07 Å². The summed E-state index contributed by atoms with van der Waals surface area (Å²) >= 11 is 0. The third-order valence-corrected chi connectivity index (χ3v) is 2.51. The first-order valence-electron chi connectivity index (χ1n) is 6.34. The highest BCUT2D eigenvalue weighted by atomic mass is 16.5. The average molecular weight is 267 g/mol. The van der Waals surface area contributed by atoms with Crippen LogP contribution in [0, 0.1) is 0 Å². The molecule has 6 nitrogen and oxygen atoms in total. The predicted molar refractivity (Wildman–Crippen MR) is 71.8 cm³/mol. The van der Waals surface area contributed by atoms with Crippen LogP contribution in [0.3, 0.4) is 0 Å². The van der Waals surface area contributed by atoms with Gasteiger partial charge in [0.15, 0.2) is 5.82 Å². The molecule has 0 aliphatic heterocycles. The van der Waals surface area contributed by atoms with E-state index in [4.69, 9.17) is 4.74 Å². The molecule has 1 aromatic rings. The van der Waals surface area contributed by atoms with E-state index in [1.807, 2.05) is 20.8 Å². The number of anilines is 1. The number of nitrogens with zero attached hydrogens (tertiary/aromatic N) is 1. The fraction of sp³-hybridized carbons (Fsp3) is 0.615. The maximum atomic E-state index is 11.6. The highest BCUT2D eigenvalue weighted by molar-refractivity contribution is 5.91. The Hall–Kier alpha value is -1.85. The SMILES string of the molecule is CCOC(=O)CCC(=O)Nc1cc(C(C)(C)C)[nH]n1. The highest BCUT2D eigenvalue weighted by Gasteiger charge is 2.17. The van der Waals surface area contributed by atoms with E-state index < -0.39 is 0 Å². The largest absolute Gasteiger partial charge is 0.466 e. The third-order valence-electron chi connectivity index (χ3n) is 2.51. The minimum absolute atomic E-state index is 0.0547. The summed E-state index contributed by atoms with van der Waals surface area (Å²) in [7, 11) is 0. The van der Waals surface area contributed by atoms with E-state index in [2.05, 4.69) is 15.5 Å². The van der Waals surface area contributed by atoms with Gasteiger partial charge in [-0.1, -0.05) is 20.8 Å². The van der Waals surface area contributed by atoms with E-state index >= 15 is 0 Å². The van der Waals surface area contributed by atoms with Gasteiger partial charge in [-0.2, -0.15) is 5.10 Å². The Kier molecular flexibility index (Phi) is 5.09. The summed E-state index contributed by atoms with van der Waals surface area (Å²) in [5, 5.41) is 9.54. The number of ether oxygens (including phenoxy) is 1. The Bertz CT molecular complexity index is 446. The van der Waals surface area contributed by atoms with Gasteiger partial charge in [-0.25, -0.2) is 0 Å². The summed E-state index contributed by atoms with van der Waals surface area (Å²) in [4.78, 5) is 22.7. The Morgan fingerprint density at radius 1 is 1.37 bits per heavy atom. The summed E-state index contributed by atoms with van der Waals surface area (Å²) in [6.07, 6.45) is 0.173. The van der Waals surface area contributed by atoms with E-state index in [1.165, 1.54) is 0 Å². The molecule has 0 saturated carbocycles. The molecule has 0 unspecified atom stereocenters. The molecule has 1 amide bonds. The van der Waals surface area contributed by atoms with Crippen molar-refractivity contribution in [2.24, 2.45) is 0 Å². The fourth-order valence-corrected chi connectivity index (χ4v) is 1.42. The second kappa shape index (κ2) is 6.36. The molecule has 1 heterocycles. The van der Waals surface area contributed by atoms with Crippen LogP contribution in [0.4, 0.5) is 5.82 Å². The molecule has 19 heavy (non-hydrogen) atoms. The summed E-state index contributed by atoms with van der Waals surface area (Å²) in [5.74, 6) is -0.145. The van der Waals surface area contributed by atoms with Crippen LogP contribution in [0.5, 0.6) is 0 Å². The molecule has 0 aliphatic carbocycles. The molecule has 0 aliphatic rings. The quantitative estimate of drug-likeness (QED) is 0.799. The van der Waals surface area contributed by atoms with Crippen molar-refractivity contribution < 1.29 is 14.3 Å². The van der Waals surface area contributed by atoms with Gasteiger partial charge in [-0.05, 0) is 6.92 Å². The van der Waals surface area contributed by atoms with Gasteiger partial charge in [-0.3, -0.25) is 14.7 Å². The standard InChI is InChI=1S/C13H21N3O3/c1-5-19-12(18)7-6-11(17)14-10-8-9(15-16-10)13(2,3)4/h8H,5-7H2,1-4H3,(H2,14,15,16,17). The number of rotatable bonds is 5. The van der Waals surface area contributed by atoms with Crippen LogP contribution < -0.4 is 5.32 Å². The summed E-state index contributed by atoms with van der Waals surface area (Å²) in [5.41, 5.74) is 0.883. The zero-order valence-corrected chi connectivity index (χ0v) is 11.9. The normalized spacial score (nSPS) is 11.2. The minimum atomic E-state index is -0.366. The van der Waals surface area contributed by atoms with Crippen molar-refractivity contribution in [1.82, 2.24) is 10.2 Å². The Labute approximate surface area is 112 Å². The average Bonchev–Trinajstić information content (AvgIpc) is 2.75. The zero-order valence-electron chi connectivity index (χ0n) is 11.9. The molecule has 0 atom stereocenters. The van der Waals surface area contributed by atoms with Crippen molar-refractivity contribution in [3.63, 3.8) is 0 Å². The molecule has 0 aromatic carbocycles. The number of H-pyrrole nitrogens is 1. The molecule has 0 bridgehead atoms. The van der Waals surface area contributed by atoms with Crippen molar-refractivity contribution in [3.05, 3.63) is 11.8 Å². The number of carbonyl (C=O) groups is 2. The van der Waals surface area contributed by atoms with E-state index in [1.54, 1.807) is 13.0 Å². The number of aromatic amines is 1. The van der Waals surface area contributed by atoms with Gasteiger partial charge in [0.05, 0.1) is 13.0 Å². The number of carbonyl (C=O) groups excluding carboxylic acids is 2. The van der Waals surface area contributed by atoms with E-state index in [9.17, 15) is 9.59 Å². The first kappa shape index (κ1) is 15.2. The minimum Gasteiger partial charge on any atom is -0.466 e. The Balaban J connectivity index is 2.45. The van der Waals surface area contributed by atoms with Crippen LogP contribution in [0.2, 0.25) is 0 Å². The number of aromatic nitrogens is 2. The molecule has 1 aromatic heterocycles. The van der Waals surface area contributed by atoms with Crippen molar-refractivity contribution in [3.8, 4) is 0 Å². The first-order valence-corrected chi connectivity index (χ1v) is 6.34. The maximum absolute atomic E-state index is 11.6. The molecule has 1 rings (SSSR count). The van der Waals surface area contributed by atoms with Gasteiger partial charge >= 0.3 is 5.97 Å². The number of amides is 1. The maximum Gasteiger partial charge on any atom is 0.306 e. The second-order valence-corrected chi connectivity index (χ2v) is 5.27. The van der Waals surface area contributed by atoms with Gasteiger partial charge in [0.1, 0.15) is 0 Å². The van der Waals surface area contributed by atoms with E-state index in [-0.39, 0.29) is 30.1 Å². The lowest BCUT2D eigenvalue weighted by atomic mass is 9.92. The fourth-order valence-electron chi connectivity index (χ4n) is 1.42. The Morgan fingerprint density at radius 3 is 2.58 bits per heavy atom. The molecule has 0 radical (unpaired) electrons. The lowest BCUT2D eigenvalue weighted by Gasteiger charge is -2.14. The molecule has 0 fully saturated rings. The molecule has 106 valence electrons. The van der Waals surface area contributed by atoms with Gasteiger partial charge in [-0.15, -0.1) is 0 Å². The molecular weight excluding hydrogens is 246 g/mol.